The van der Waals surface area contributed by atoms with Crippen LogP contribution in [0.25, 0.3) is 11.1 Å². The Morgan fingerprint density at radius 1 is 1.24 bits per heavy atom. The van der Waals surface area contributed by atoms with Gasteiger partial charge in [0.1, 0.15) is 0 Å². The van der Waals surface area contributed by atoms with Crippen molar-refractivity contribution in [2.45, 2.75) is 18.4 Å². The summed E-state index contributed by atoms with van der Waals surface area (Å²) in [6.07, 6.45) is 5.04. The normalized spacial score (nSPS) is 22.0. The highest BCUT2D eigenvalue weighted by molar-refractivity contribution is 5.85. The molecule has 0 spiro atoms. The molecule has 2 aromatic rings. The van der Waals surface area contributed by atoms with Crippen molar-refractivity contribution in [3.8, 4) is 11.1 Å². The molecule has 3 rings (SSSR count). The first-order valence-corrected chi connectivity index (χ1v) is 5.58. The van der Waals surface area contributed by atoms with E-state index in [1.165, 1.54) is 11.1 Å². The lowest BCUT2D eigenvalue weighted by Gasteiger charge is -2.01. The van der Waals surface area contributed by atoms with E-state index in [0.717, 1.165) is 12.0 Å². The van der Waals surface area contributed by atoms with Crippen LogP contribution in [-0.4, -0.2) is 15.8 Å². The molecule has 2 unspecified atom stereocenters. The first-order chi connectivity index (χ1) is 7.74. The van der Waals surface area contributed by atoms with E-state index in [1.54, 1.807) is 0 Å². The average molecular weight is 250 g/mol. The number of nitrogens with two attached hydrogens (primary N) is 1. The van der Waals surface area contributed by atoms with Crippen molar-refractivity contribution in [3.63, 3.8) is 0 Å². The first-order valence-electron chi connectivity index (χ1n) is 5.58. The Morgan fingerprint density at radius 3 is 2.35 bits per heavy atom. The zero-order valence-electron chi connectivity index (χ0n) is 9.71. The van der Waals surface area contributed by atoms with Gasteiger partial charge < -0.3 is 5.73 Å². The summed E-state index contributed by atoms with van der Waals surface area (Å²) in [6.45, 7) is 0. The van der Waals surface area contributed by atoms with Gasteiger partial charge in [-0.2, -0.15) is 5.10 Å². The second kappa shape index (κ2) is 4.51. The number of hydrogen-bond acceptors (Lipinski definition) is 2. The van der Waals surface area contributed by atoms with Crippen LogP contribution in [-0.2, 0) is 7.05 Å². The number of halogens is 1. The average Bonchev–Trinajstić information content (AvgIpc) is 2.86. The Bertz CT molecular complexity index is 504. The fourth-order valence-corrected chi connectivity index (χ4v) is 2.09. The van der Waals surface area contributed by atoms with Gasteiger partial charge in [-0.1, -0.05) is 24.3 Å². The molecule has 17 heavy (non-hydrogen) atoms. The maximum absolute atomic E-state index is 5.84. The third-order valence-electron chi connectivity index (χ3n) is 3.22. The summed E-state index contributed by atoms with van der Waals surface area (Å²) in [5, 5.41) is 4.17. The summed E-state index contributed by atoms with van der Waals surface area (Å²) in [5.41, 5.74) is 9.57. The van der Waals surface area contributed by atoms with Crippen LogP contribution < -0.4 is 5.73 Å². The minimum atomic E-state index is 0. The van der Waals surface area contributed by atoms with Gasteiger partial charge in [0.25, 0.3) is 0 Å². The van der Waals surface area contributed by atoms with Gasteiger partial charge in [0.15, 0.2) is 0 Å². The van der Waals surface area contributed by atoms with Crippen LogP contribution >= 0.6 is 12.4 Å². The molecule has 0 radical (unpaired) electrons. The van der Waals surface area contributed by atoms with E-state index in [4.69, 9.17) is 5.73 Å². The minimum Gasteiger partial charge on any atom is -0.327 e. The number of aryl methyl sites for hydroxylation is 1. The number of hydrogen-bond donors (Lipinski definition) is 1. The molecule has 0 bridgehead atoms. The van der Waals surface area contributed by atoms with Crippen molar-refractivity contribution >= 4 is 12.4 Å². The molecular weight excluding hydrogens is 234 g/mol. The smallest absolute Gasteiger partial charge is 0.0568 e. The molecule has 4 heteroatoms. The monoisotopic (exact) mass is 249 g/mol. The Labute approximate surface area is 107 Å². The molecule has 0 amide bonds. The van der Waals surface area contributed by atoms with Crippen LogP contribution in [0.1, 0.15) is 17.9 Å². The van der Waals surface area contributed by atoms with E-state index in [9.17, 15) is 0 Å². The third kappa shape index (κ3) is 2.35. The molecule has 1 aromatic carbocycles. The standard InChI is InChI=1S/C13H15N3.ClH/c1-16-8-11(7-15-16)9-2-4-10(5-3-9)12-6-13(12)14;/h2-5,7-8,12-13H,6,14H2,1H3;1H. The molecule has 3 nitrogen and oxygen atoms in total. The van der Waals surface area contributed by atoms with Gasteiger partial charge in [-0.25, -0.2) is 0 Å². The van der Waals surface area contributed by atoms with E-state index >= 15 is 0 Å². The molecule has 1 fully saturated rings. The maximum atomic E-state index is 5.84. The summed E-state index contributed by atoms with van der Waals surface area (Å²) in [6, 6.07) is 9.04. The highest BCUT2D eigenvalue weighted by Crippen LogP contribution is 2.39. The first kappa shape index (κ1) is 12.1. The second-order valence-corrected chi connectivity index (χ2v) is 4.53. The zero-order valence-corrected chi connectivity index (χ0v) is 10.5. The Balaban J connectivity index is 0.00000108. The van der Waals surface area contributed by atoms with Crippen LogP contribution in [0.15, 0.2) is 36.7 Å². The van der Waals surface area contributed by atoms with Crippen LogP contribution in [0, 0.1) is 0 Å². The van der Waals surface area contributed by atoms with Crippen molar-refractivity contribution in [2.75, 3.05) is 0 Å². The molecular formula is C13H16ClN3. The molecule has 1 aliphatic carbocycles. The third-order valence-corrected chi connectivity index (χ3v) is 3.22. The van der Waals surface area contributed by atoms with Gasteiger partial charge in [-0.05, 0) is 17.5 Å². The van der Waals surface area contributed by atoms with Gasteiger partial charge >= 0.3 is 0 Å². The highest BCUT2D eigenvalue weighted by Gasteiger charge is 2.34. The maximum Gasteiger partial charge on any atom is 0.0568 e. The summed E-state index contributed by atoms with van der Waals surface area (Å²) < 4.78 is 1.82. The van der Waals surface area contributed by atoms with Crippen LogP contribution in [0.5, 0.6) is 0 Å². The van der Waals surface area contributed by atoms with Crippen molar-refractivity contribution < 1.29 is 0 Å². The molecule has 0 aliphatic heterocycles. The molecule has 90 valence electrons. The largest absolute Gasteiger partial charge is 0.327 e. The predicted octanol–water partition coefficient (Wildman–Crippen LogP) is 2.32. The fourth-order valence-electron chi connectivity index (χ4n) is 2.09. The van der Waals surface area contributed by atoms with Crippen molar-refractivity contribution in [2.24, 2.45) is 12.8 Å². The summed E-state index contributed by atoms with van der Waals surface area (Å²) in [7, 11) is 1.93. The topological polar surface area (TPSA) is 43.8 Å². The van der Waals surface area contributed by atoms with E-state index in [2.05, 4.69) is 29.4 Å². The van der Waals surface area contributed by atoms with Gasteiger partial charge in [-0.15, -0.1) is 12.4 Å². The lowest BCUT2D eigenvalue weighted by atomic mass is 10.0. The van der Waals surface area contributed by atoms with Gasteiger partial charge in [-0.3, -0.25) is 4.68 Å². The van der Waals surface area contributed by atoms with Crippen LogP contribution in [0.2, 0.25) is 0 Å². The van der Waals surface area contributed by atoms with Gasteiger partial charge in [0, 0.05) is 30.8 Å². The minimum absolute atomic E-state index is 0. The predicted molar refractivity (Wildman–Crippen MR) is 71.2 cm³/mol. The lowest BCUT2D eigenvalue weighted by Crippen LogP contribution is -2.00. The Hall–Kier alpha value is -1.32. The number of rotatable bonds is 2. The second-order valence-electron chi connectivity index (χ2n) is 4.53. The molecule has 2 atom stereocenters. The van der Waals surface area contributed by atoms with Crippen molar-refractivity contribution in [1.82, 2.24) is 9.78 Å². The molecule has 1 heterocycles. The number of benzene rings is 1. The quantitative estimate of drug-likeness (QED) is 0.888. The summed E-state index contributed by atoms with van der Waals surface area (Å²) in [4.78, 5) is 0. The van der Waals surface area contributed by atoms with E-state index in [-0.39, 0.29) is 12.4 Å². The van der Waals surface area contributed by atoms with Crippen LogP contribution in [0.4, 0.5) is 0 Å². The summed E-state index contributed by atoms with van der Waals surface area (Å²) >= 11 is 0. The molecule has 1 saturated carbocycles. The number of aromatic nitrogens is 2. The van der Waals surface area contributed by atoms with Crippen molar-refractivity contribution in [1.29, 1.82) is 0 Å². The highest BCUT2D eigenvalue weighted by atomic mass is 35.5. The number of nitrogens with zero attached hydrogens (tertiary/aromatic N) is 2. The Morgan fingerprint density at radius 2 is 1.88 bits per heavy atom. The van der Waals surface area contributed by atoms with Gasteiger partial charge in [0.2, 0.25) is 0 Å². The zero-order chi connectivity index (χ0) is 11.1. The van der Waals surface area contributed by atoms with Crippen LogP contribution in [0.3, 0.4) is 0 Å². The molecule has 1 aromatic heterocycles. The SMILES string of the molecule is Cl.Cn1cc(-c2ccc(C3CC3N)cc2)cn1. The fraction of sp³-hybridized carbons (Fsp3) is 0.308. The van der Waals surface area contributed by atoms with E-state index in [1.807, 2.05) is 24.1 Å². The Kier molecular flexibility index (Phi) is 3.22. The van der Waals surface area contributed by atoms with E-state index in [0.29, 0.717) is 12.0 Å². The van der Waals surface area contributed by atoms with E-state index < -0.39 is 0 Å². The molecule has 0 saturated heterocycles. The molecule has 2 N–H and O–H groups in total. The van der Waals surface area contributed by atoms with Crippen molar-refractivity contribution in [3.05, 3.63) is 42.2 Å². The lowest BCUT2D eigenvalue weighted by molar-refractivity contribution is 0.768. The van der Waals surface area contributed by atoms with Gasteiger partial charge in [0.05, 0.1) is 6.20 Å². The summed E-state index contributed by atoms with van der Waals surface area (Å²) in [5.74, 6) is 0.586. The molecule has 1 aliphatic rings.